The number of amides is 1. The van der Waals surface area contributed by atoms with Crippen molar-refractivity contribution in [2.45, 2.75) is 11.4 Å². The van der Waals surface area contributed by atoms with Crippen molar-refractivity contribution >= 4 is 21.6 Å². The van der Waals surface area contributed by atoms with Crippen LogP contribution in [0.2, 0.25) is 0 Å². The van der Waals surface area contributed by atoms with Gasteiger partial charge in [-0.25, -0.2) is 8.42 Å². The van der Waals surface area contributed by atoms with E-state index in [2.05, 4.69) is 20.2 Å². The fraction of sp³-hybridized carbons (Fsp3) is 0.0500. The lowest BCUT2D eigenvalue weighted by Gasteiger charge is -2.08. The average Bonchev–Trinajstić information content (AvgIpc) is 3.45. The van der Waals surface area contributed by atoms with E-state index in [1.54, 1.807) is 54.6 Å². The third-order valence-electron chi connectivity index (χ3n) is 4.06. The first-order valence-electron chi connectivity index (χ1n) is 8.84. The van der Waals surface area contributed by atoms with Crippen LogP contribution in [0.5, 0.6) is 0 Å². The van der Waals surface area contributed by atoms with Crippen molar-refractivity contribution in [1.82, 2.24) is 15.5 Å². The molecule has 2 aromatic heterocycles. The van der Waals surface area contributed by atoms with Crippen LogP contribution in [0.15, 0.2) is 86.8 Å². The van der Waals surface area contributed by atoms with Crippen molar-refractivity contribution < 1.29 is 22.2 Å². The number of aromatic nitrogens is 2. The molecule has 4 aromatic rings. The highest BCUT2D eigenvalue weighted by molar-refractivity contribution is 7.92. The second-order valence-electron chi connectivity index (χ2n) is 6.17. The number of anilines is 1. The smallest absolute Gasteiger partial charge is 0.287 e. The Kier molecular flexibility index (Phi) is 5.31. The molecule has 0 saturated heterocycles. The zero-order valence-corrected chi connectivity index (χ0v) is 16.3. The molecule has 152 valence electrons. The lowest BCUT2D eigenvalue weighted by molar-refractivity contribution is 0.0918. The Morgan fingerprint density at radius 3 is 2.43 bits per heavy atom. The van der Waals surface area contributed by atoms with Crippen LogP contribution in [-0.4, -0.2) is 24.5 Å². The number of nitrogens with zero attached hydrogens (tertiary/aromatic N) is 2. The molecular weight excluding hydrogens is 408 g/mol. The first kappa shape index (κ1) is 19.4. The fourth-order valence-corrected chi connectivity index (χ4v) is 3.68. The van der Waals surface area contributed by atoms with E-state index in [1.807, 2.05) is 0 Å². The summed E-state index contributed by atoms with van der Waals surface area (Å²) in [6.07, 6.45) is 1.41. The van der Waals surface area contributed by atoms with Crippen LogP contribution >= 0.6 is 0 Å². The Morgan fingerprint density at radius 1 is 0.967 bits per heavy atom. The maximum atomic E-state index is 12.4. The van der Waals surface area contributed by atoms with E-state index in [0.717, 1.165) is 0 Å². The predicted molar refractivity (Wildman–Crippen MR) is 107 cm³/mol. The minimum atomic E-state index is -3.67. The summed E-state index contributed by atoms with van der Waals surface area (Å²) in [6.45, 7) is 0.0431. The summed E-state index contributed by atoms with van der Waals surface area (Å²) in [5.41, 5.74) is 1.03. The molecule has 0 aliphatic rings. The van der Waals surface area contributed by atoms with E-state index in [-0.39, 0.29) is 23.1 Å². The van der Waals surface area contributed by atoms with Gasteiger partial charge in [0.05, 0.1) is 17.7 Å². The summed E-state index contributed by atoms with van der Waals surface area (Å²) in [7, 11) is -3.67. The van der Waals surface area contributed by atoms with Crippen LogP contribution in [0.3, 0.4) is 0 Å². The Labute approximate surface area is 171 Å². The molecule has 30 heavy (non-hydrogen) atoms. The van der Waals surface area contributed by atoms with Crippen LogP contribution in [-0.2, 0) is 16.6 Å². The number of hydrogen-bond donors (Lipinski definition) is 2. The van der Waals surface area contributed by atoms with E-state index in [0.29, 0.717) is 17.1 Å². The topological polar surface area (TPSA) is 127 Å². The van der Waals surface area contributed by atoms with Crippen molar-refractivity contribution in [3.05, 3.63) is 84.6 Å². The largest absolute Gasteiger partial charge is 0.459 e. The van der Waals surface area contributed by atoms with Crippen molar-refractivity contribution in [3.63, 3.8) is 0 Å². The number of rotatable bonds is 7. The van der Waals surface area contributed by atoms with Crippen molar-refractivity contribution in [1.29, 1.82) is 0 Å². The first-order chi connectivity index (χ1) is 14.5. The molecule has 0 radical (unpaired) electrons. The molecule has 9 nitrogen and oxygen atoms in total. The van der Waals surface area contributed by atoms with Gasteiger partial charge in [0.1, 0.15) is 0 Å². The van der Waals surface area contributed by atoms with Crippen LogP contribution in [0.4, 0.5) is 5.69 Å². The second kappa shape index (κ2) is 8.21. The van der Waals surface area contributed by atoms with Crippen molar-refractivity contribution in [3.8, 4) is 11.4 Å². The monoisotopic (exact) mass is 424 g/mol. The van der Waals surface area contributed by atoms with E-state index in [1.165, 1.54) is 18.4 Å². The van der Waals surface area contributed by atoms with Gasteiger partial charge in [-0.2, -0.15) is 4.98 Å². The minimum absolute atomic E-state index is 0.0431. The van der Waals surface area contributed by atoms with Gasteiger partial charge in [0.2, 0.25) is 11.7 Å². The van der Waals surface area contributed by atoms with Gasteiger partial charge < -0.3 is 14.3 Å². The highest BCUT2D eigenvalue weighted by Crippen LogP contribution is 2.21. The molecular formula is C20H16N4O5S. The van der Waals surface area contributed by atoms with Gasteiger partial charge in [0.25, 0.3) is 15.9 Å². The Balaban J connectivity index is 1.40. The van der Waals surface area contributed by atoms with Crippen LogP contribution in [0, 0.1) is 0 Å². The van der Waals surface area contributed by atoms with E-state index < -0.39 is 15.9 Å². The number of benzene rings is 2. The standard InChI is InChI=1S/C20H16N4O5S/c25-20(17-7-4-12-28-17)21-13-18-22-19(23-29-18)14-8-10-15(11-9-14)24-30(26,27)16-5-2-1-3-6-16/h1-12,24H,13H2,(H,21,25). The summed E-state index contributed by atoms with van der Waals surface area (Å²) in [5, 5.41) is 6.49. The van der Waals surface area contributed by atoms with Gasteiger partial charge >= 0.3 is 0 Å². The highest BCUT2D eigenvalue weighted by atomic mass is 32.2. The quantitative estimate of drug-likeness (QED) is 0.467. The molecule has 0 saturated carbocycles. The summed E-state index contributed by atoms with van der Waals surface area (Å²) < 4.78 is 37.4. The number of carbonyl (C=O) groups is 1. The molecule has 2 heterocycles. The van der Waals surface area contributed by atoms with Crippen LogP contribution in [0.25, 0.3) is 11.4 Å². The third-order valence-corrected chi connectivity index (χ3v) is 5.46. The molecule has 4 rings (SSSR count). The van der Waals surface area contributed by atoms with Crippen LogP contribution in [0.1, 0.15) is 16.4 Å². The molecule has 2 aromatic carbocycles. The summed E-state index contributed by atoms with van der Waals surface area (Å²) in [4.78, 5) is 16.3. The van der Waals surface area contributed by atoms with Crippen molar-refractivity contribution in [2.75, 3.05) is 4.72 Å². The van der Waals surface area contributed by atoms with Gasteiger partial charge in [0, 0.05) is 11.3 Å². The van der Waals surface area contributed by atoms with Gasteiger partial charge in [-0.1, -0.05) is 23.4 Å². The second-order valence-corrected chi connectivity index (χ2v) is 7.85. The zero-order valence-electron chi connectivity index (χ0n) is 15.5. The number of furan rings is 1. The lowest BCUT2D eigenvalue weighted by atomic mass is 10.2. The molecule has 0 aliphatic heterocycles. The number of nitrogens with one attached hydrogen (secondary N) is 2. The van der Waals surface area contributed by atoms with Gasteiger partial charge in [0.15, 0.2) is 5.76 Å². The molecule has 0 fully saturated rings. The SMILES string of the molecule is O=C(NCc1nc(-c2ccc(NS(=O)(=O)c3ccccc3)cc2)no1)c1ccco1. The summed E-state index contributed by atoms with van der Waals surface area (Å²) >= 11 is 0. The van der Waals surface area contributed by atoms with Crippen molar-refractivity contribution in [2.24, 2.45) is 0 Å². The Morgan fingerprint density at radius 2 is 1.73 bits per heavy atom. The predicted octanol–water partition coefficient (Wildman–Crippen LogP) is 3.06. The highest BCUT2D eigenvalue weighted by Gasteiger charge is 2.15. The normalized spacial score (nSPS) is 11.2. The minimum Gasteiger partial charge on any atom is -0.459 e. The number of sulfonamides is 1. The summed E-state index contributed by atoms with van der Waals surface area (Å²) in [6, 6.07) is 17.8. The van der Waals surface area contributed by atoms with Crippen LogP contribution < -0.4 is 10.0 Å². The van der Waals surface area contributed by atoms with E-state index >= 15 is 0 Å². The van der Waals surface area contributed by atoms with Gasteiger partial charge in [-0.15, -0.1) is 0 Å². The molecule has 10 heteroatoms. The Hall–Kier alpha value is -3.92. The molecule has 0 atom stereocenters. The first-order valence-corrected chi connectivity index (χ1v) is 10.3. The molecule has 0 spiro atoms. The maximum absolute atomic E-state index is 12.4. The fourth-order valence-electron chi connectivity index (χ4n) is 2.60. The van der Waals surface area contributed by atoms with Gasteiger partial charge in [-0.3, -0.25) is 9.52 Å². The van der Waals surface area contributed by atoms with E-state index in [4.69, 9.17) is 8.94 Å². The molecule has 0 aliphatic carbocycles. The molecule has 0 unspecified atom stereocenters. The van der Waals surface area contributed by atoms with Gasteiger partial charge in [-0.05, 0) is 48.5 Å². The lowest BCUT2D eigenvalue weighted by Crippen LogP contribution is -2.22. The Bertz CT molecular complexity index is 1230. The third kappa shape index (κ3) is 4.39. The maximum Gasteiger partial charge on any atom is 0.287 e. The summed E-state index contributed by atoms with van der Waals surface area (Å²) in [5.74, 6) is 0.326. The number of carbonyl (C=O) groups excluding carboxylic acids is 1. The molecule has 0 bridgehead atoms. The zero-order chi connectivity index (χ0) is 21.0. The van der Waals surface area contributed by atoms with E-state index in [9.17, 15) is 13.2 Å². The average molecular weight is 424 g/mol. The molecule has 1 amide bonds. The molecule has 2 N–H and O–H groups in total. The number of hydrogen-bond acceptors (Lipinski definition) is 7.